The zero-order chi connectivity index (χ0) is 26.6. The van der Waals surface area contributed by atoms with E-state index in [1.807, 2.05) is 6.07 Å². The van der Waals surface area contributed by atoms with Gasteiger partial charge in [-0.3, -0.25) is 9.59 Å². The largest absolute Gasteiger partial charge is 0.466 e. The lowest BCUT2D eigenvalue weighted by atomic mass is 9.58. The normalized spacial score (nSPS) is 45.4. The minimum absolute atomic E-state index is 0.168. The number of esters is 3. The van der Waals surface area contributed by atoms with Crippen LogP contribution in [0, 0.1) is 28.6 Å². The number of hydrogen-bond donors (Lipinski definition) is 1. The number of aliphatic hydroxyl groups is 1. The van der Waals surface area contributed by atoms with Gasteiger partial charge in [0, 0.05) is 18.3 Å². The first kappa shape index (κ1) is 24.5. The van der Waals surface area contributed by atoms with E-state index in [1.54, 1.807) is 38.1 Å². The SMILES string of the molecule is CCOC(=O)[C@@H]1[C@H]2[C@@]3(CC[C@@H](OC(=O)c4ccccc4)[C@@]2(C)C(=O)O3)[C@@H]2CC[C@]3(O)C[C@]12CC31OCCO1. The van der Waals surface area contributed by atoms with Crippen LogP contribution in [0.2, 0.25) is 0 Å². The Morgan fingerprint density at radius 2 is 1.82 bits per heavy atom. The van der Waals surface area contributed by atoms with Gasteiger partial charge in [-0.2, -0.15) is 0 Å². The van der Waals surface area contributed by atoms with Gasteiger partial charge < -0.3 is 28.8 Å². The van der Waals surface area contributed by atoms with Crippen molar-refractivity contribution >= 4 is 17.9 Å². The van der Waals surface area contributed by atoms with Gasteiger partial charge >= 0.3 is 17.9 Å². The van der Waals surface area contributed by atoms with Gasteiger partial charge in [-0.05, 0) is 63.5 Å². The quantitative estimate of drug-likeness (QED) is 0.467. The zero-order valence-corrected chi connectivity index (χ0v) is 21.8. The summed E-state index contributed by atoms with van der Waals surface area (Å²) in [5, 5.41) is 11.9. The predicted octanol–water partition coefficient (Wildman–Crippen LogP) is 2.78. The summed E-state index contributed by atoms with van der Waals surface area (Å²) in [6, 6.07) is 8.69. The molecule has 8 atom stereocenters. The average Bonchev–Trinajstić information content (AvgIpc) is 3.55. The topological polar surface area (TPSA) is 118 Å². The molecule has 6 fully saturated rings. The molecule has 9 nitrogen and oxygen atoms in total. The number of carbonyl (C=O) groups excluding carboxylic acids is 3. The molecule has 4 saturated carbocycles. The van der Waals surface area contributed by atoms with Gasteiger partial charge in [0.15, 0.2) is 5.79 Å². The van der Waals surface area contributed by atoms with Crippen molar-refractivity contribution in [3.63, 3.8) is 0 Å². The van der Waals surface area contributed by atoms with Gasteiger partial charge in [-0.25, -0.2) is 4.79 Å². The van der Waals surface area contributed by atoms with Gasteiger partial charge in [0.05, 0.1) is 31.3 Å². The molecular formula is C29H34O9. The van der Waals surface area contributed by atoms with Crippen LogP contribution < -0.4 is 0 Å². The Morgan fingerprint density at radius 1 is 1.08 bits per heavy atom. The summed E-state index contributed by atoms with van der Waals surface area (Å²) < 4.78 is 30.3. The molecule has 1 aromatic carbocycles. The van der Waals surface area contributed by atoms with E-state index in [0.29, 0.717) is 57.3 Å². The summed E-state index contributed by atoms with van der Waals surface area (Å²) in [4.78, 5) is 40.8. The third kappa shape index (κ3) is 2.75. The number of carbonyl (C=O) groups is 3. The molecule has 0 radical (unpaired) electrons. The lowest BCUT2D eigenvalue weighted by Gasteiger charge is -2.46. The molecule has 0 amide bonds. The van der Waals surface area contributed by atoms with Crippen LogP contribution in [0.1, 0.15) is 62.7 Å². The lowest BCUT2D eigenvalue weighted by Crippen LogP contribution is -2.55. The van der Waals surface area contributed by atoms with Crippen molar-refractivity contribution < 1.29 is 43.2 Å². The summed E-state index contributed by atoms with van der Waals surface area (Å²) in [6.07, 6.45) is 1.83. The second-order valence-electron chi connectivity index (χ2n) is 12.3. The fourth-order valence-corrected chi connectivity index (χ4v) is 9.68. The summed E-state index contributed by atoms with van der Waals surface area (Å²) in [5.41, 5.74) is -3.70. The van der Waals surface area contributed by atoms with E-state index in [1.165, 1.54) is 0 Å². The first-order chi connectivity index (χ1) is 18.2. The minimum Gasteiger partial charge on any atom is -0.466 e. The number of ether oxygens (including phenoxy) is 5. The molecule has 6 aliphatic rings. The van der Waals surface area contributed by atoms with Gasteiger partial charge in [0.1, 0.15) is 22.7 Å². The van der Waals surface area contributed by atoms with Crippen molar-refractivity contribution in [3.8, 4) is 0 Å². The first-order valence-electron chi connectivity index (χ1n) is 13.8. The van der Waals surface area contributed by atoms with Crippen molar-refractivity contribution in [2.24, 2.45) is 28.6 Å². The molecule has 4 aliphatic carbocycles. The van der Waals surface area contributed by atoms with Gasteiger partial charge in [0.25, 0.3) is 0 Å². The van der Waals surface area contributed by atoms with Crippen LogP contribution in [0.25, 0.3) is 0 Å². The Kier molecular flexibility index (Phi) is 5.03. The molecule has 2 spiro atoms. The maximum atomic E-state index is 13.9. The lowest BCUT2D eigenvalue weighted by molar-refractivity contribution is -0.255. The monoisotopic (exact) mass is 526 g/mol. The number of hydrogen-bond acceptors (Lipinski definition) is 9. The smallest absolute Gasteiger partial charge is 0.338 e. The highest BCUT2D eigenvalue weighted by molar-refractivity contribution is 5.91. The average molecular weight is 527 g/mol. The molecule has 2 saturated heterocycles. The maximum absolute atomic E-state index is 13.9. The fourth-order valence-electron chi connectivity index (χ4n) is 9.68. The third-order valence-electron chi connectivity index (χ3n) is 10.9. The van der Waals surface area contributed by atoms with E-state index in [2.05, 4.69) is 0 Å². The summed E-state index contributed by atoms with van der Waals surface area (Å²) in [6.45, 7) is 4.50. The molecule has 204 valence electrons. The van der Waals surface area contributed by atoms with Crippen LogP contribution in [0.3, 0.4) is 0 Å². The molecule has 1 N–H and O–H groups in total. The number of fused-ring (bicyclic) bond motifs is 2. The molecule has 4 bridgehead atoms. The van der Waals surface area contributed by atoms with Crippen molar-refractivity contribution in [2.45, 2.75) is 75.5 Å². The van der Waals surface area contributed by atoms with E-state index in [-0.39, 0.29) is 12.5 Å². The Bertz CT molecular complexity index is 1190. The van der Waals surface area contributed by atoms with E-state index < -0.39 is 63.7 Å². The number of rotatable bonds is 4. The van der Waals surface area contributed by atoms with Crippen LogP contribution in [0.5, 0.6) is 0 Å². The standard InChI is InChI=1S/C29H34O9/c1-3-34-23(31)20-21-25(2)19(37-22(30)17-7-5-4-6-8-17)10-12-28(21,38-24(25)32)18-9-11-27(33)15-26(18,20)16-29(27)35-13-14-36-29/h4-8,18-21,33H,3,9-16H2,1-2H3/t18-,19-,20+,21-,25-,26-,27+,28-/m1/s1. The van der Waals surface area contributed by atoms with E-state index >= 15 is 0 Å². The second kappa shape index (κ2) is 7.79. The Morgan fingerprint density at radius 3 is 2.53 bits per heavy atom. The molecule has 1 aromatic rings. The summed E-state index contributed by atoms with van der Waals surface area (Å²) in [5.74, 6) is -3.99. The molecule has 9 heteroatoms. The highest BCUT2D eigenvalue weighted by atomic mass is 16.8. The van der Waals surface area contributed by atoms with E-state index in [9.17, 15) is 19.5 Å². The Hall–Kier alpha value is -2.49. The summed E-state index contributed by atoms with van der Waals surface area (Å²) >= 11 is 0. The molecular weight excluding hydrogens is 492 g/mol. The van der Waals surface area contributed by atoms with Crippen molar-refractivity contribution in [2.75, 3.05) is 19.8 Å². The second-order valence-corrected chi connectivity index (χ2v) is 12.3. The molecule has 2 aliphatic heterocycles. The van der Waals surface area contributed by atoms with Gasteiger partial charge in [-0.15, -0.1) is 0 Å². The highest BCUT2D eigenvalue weighted by Gasteiger charge is 2.87. The molecule has 0 aromatic heterocycles. The predicted molar refractivity (Wildman–Crippen MR) is 129 cm³/mol. The summed E-state index contributed by atoms with van der Waals surface area (Å²) in [7, 11) is 0. The molecule has 2 heterocycles. The molecule has 38 heavy (non-hydrogen) atoms. The van der Waals surface area contributed by atoms with Crippen LogP contribution in [0.4, 0.5) is 0 Å². The zero-order valence-electron chi connectivity index (χ0n) is 21.8. The highest BCUT2D eigenvalue weighted by Crippen LogP contribution is 2.80. The van der Waals surface area contributed by atoms with Crippen LogP contribution in [-0.4, -0.2) is 65.9 Å². The van der Waals surface area contributed by atoms with Crippen molar-refractivity contribution in [3.05, 3.63) is 35.9 Å². The first-order valence-corrected chi connectivity index (χ1v) is 13.8. The van der Waals surface area contributed by atoms with Crippen LogP contribution >= 0.6 is 0 Å². The fraction of sp³-hybridized carbons (Fsp3) is 0.690. The Labute approximate surface area is 221 Å². The maximum Gasteiger partial charge on any atom is 0.338 e. The minimum atomic E-state index is -1.24. The van der Waals surface area contributed by atoms with E-state index in [0.717, 1.165) is 0 Å². The van der Waals surface area contributed by atoms with Crippen molar-refractivity contribution in [1.29, 1.82) is 0 Å². The van der Waals surface area contributed by atoms with Crippen LogP contribution in [0.15, 0.2) is 30.3 Å². The third-order valence-corrected chi connectivity index (χ3v) is 10.9. The van der Waals surface area contributed by atoms with Crippen LogP contribution in [-0.2, 0) is 33.3 Å². The number of benzene rings is 1. The molecule has 0 unspecified atom stereocenters. The van der Waals surface area contributed by atoms with Gasteiger partial charge in [0.2, 0.25) is 0 Å². The van der Waals surface area contributed by atoms with Crippen molar-refractivity contribution in [1.82, 2.24) is 0 Å². The van der Waals surface area contributed by atoms with E-state index in [4.69, 9.17) is 23.7 Å². The molecule has 7 rings (SSSR count). The van der Waals surface area contributed by atoms with Gasteiger partial charge in [-0.1, -0.05) is 18.2 Å². The Balaban J connectivity index is 1.33.